The van der Waals surface area contributed by atoms with Crippen LogP contribution in [0.4, 0.5) is 0 Å². The molecule has 2 aromatic heterocycles. The van der Waals surface area contributed by atoms with Crippen LogP contribution in [0.15, 0.2) is 30.5 Å². The Bertz CT molecular complexity index is 946. The van der Waals surface area contributed by atoms with Crippen molar-refractivity contribution in [1.82, 2.24) is 9.97 Å². The summed E-state index contributed by atoms with van der Waals surface area (Å²) in [4.78, 5) is 30.7. The highest BCUT2D eigenvalue weighted by molar-refractivity contribution is 6.10. The number of aromatic amines is 1. The van der Waals surface area contributed by atoms with Gasteiger partial charge in [0.05, 0.1) is 6.42 Å². The molecule has 26 heavy (non-hydrogen) atoms. The van der Waals surface area contributed by atoms with Gasteiger partial charge >= 0.3 is 5.97 Å². The minimum Gasteiger partial charge on any atom is -0.481 e. The molecular formula is C20H23N3O3. The number of hydrogen-bond donors (Lipinski definition) is 3. The Morgan fingerprint density at radius 2 is 1.96 bits per heavy atom. The first-order chi connectivity index (χ1) is 12.6. The van der Waals surface area contributed by atoms with Gasteiger partial charge in [-0.25, -0.2) is 4.98 Å². The van der Waals surface area contributed by atoms with E-state index in [1.165, 1.54) is 5.56 Å². The smallest absolute Gasteiger partial charge is 0.303 e. The van der Waals surface area contributed by atoms with E-state index in [1.54, 1.807) is 12.3 Å². The molecule has 0 atom stereocenters. The maximum atomic E-state index is 12.3. The minimum atomic E-state index is -0.963. The number of aromatic nitrogens is 2. The van der Waals surface area contributed by atoms with Gasteiger partial charge in [0.2, 0.25) is 0 Å². The van der Waals surface area contributed by atoms with E-state index in [2.05, 4.69) is 9.97 Å². The van der Waals surface area contributed by atoms with Crippen LogP contribution < -0.4 is 5.73 Å². The van der Waals surface area contributed by atoms with E-state index in [1.807, 2.05) is 18.2 Å². The van der Waals surface area contributed by atoms with Crippen molar-refractivity contribution in [2.75, 3.05) is 6.54 Å². The number of nitrogens with two attached hydrogens (primary N) is 1. The van der Waals surface area contributed by atoms with E-state index in [4.69, 9.17) is 10.8 Å². The molecule has 0 aliphatic carbocycles. The molecule has 0 fully saturated rings. The summed E-state index contributed by atoms with van der Waals surface area (Å²) in [6.07, 6.45) is 5.75. The third-order valence-electron chi connectivity index (χ3n) is 4.62. The first kappa shape index (κ1) is 18.1. The fourth-order valence-electron chi connectivity index (χ4n) is 3.27. The van der Waals surface area contributed by atoms with Gasteiger partial charge in [-0.15, -0.1) is 0 Å². The van der Waals surface area contributed by atoms with Crippen molar-refractivity contribution in [1.29, 1.82) is 0 Å². The van der Waals surface area contributed by atoms with Gasteiger partial charge in [0.15, 0.2) is 5.78 Å². The highest BCUT2D eigenvalue weighted by atomic mass is 16.4. The zero-order chi connectivity index (χ0) is 18.5. The highest BCUT2D eigenvalue weighted by Gasteiger charge is 2.14. The van der Waals surface area contributed by atoms with Crippen molar-refractivity contribution >= 4 is 33.7 Å². The fraction of sp³-hybridized carbons (Fsp3) is 0.350. The number of ketones is 1. The number of H-pyrrole nitrogens is 1. The summed E-state index contributed by atoms with van der Waals surface area (Å²) in [5.41, 5.74) is 9.04. The second-order valence-corrected chi connectivity index (χ2v) is 6.50. The number of nitrogens with one attached hydrogen (secondary N) is 1. The topological polar surface area (TPSA) is 109 Å². The van der Waals surface area contributed by atoms with E-state index < -0.39 is 5.97 Å². The molecule has 0 radical (unpaired) electrons. The number of pyridine rings is 1. The molecule has 3 rings (SSSR count). The Labute approximate surface area is 151 Å². The maximum absolute atomic E-state index is 12.3. The van der Waals surface area contributed by atoms with Crippen molar-refractivity contribution in [3.63, 3.8) is 0 Å². The van der Waals surface area contributed by atoms with Gasteiger partial charge in [-0.1, -0.05) is 6.42 Å². The average molecular weight is 353 g/mol. The summed E-state index contributed by atoms with van der Waals surface area (Å²) >= 11 is 0. The third kappa shape index (κ3) is 3.91. The van der Waals surface area contributed by atoms with Crippen LogP contribution in [-0.2, 0) is 11.2 Å². The second-order valence-electron chi connectivity index (χ2n) is 6.50. The lowest BCUT2D eigenvalue weighted by molar-refractivity contribution is -0.136. The van der Waals surface area contributed by atoms with Gasteiger partial charge in [0, 0.05) is 34.5 Å². The number of Topliss-reactive ketones (excluding diaryl/α,β-unsaturated/α-hetero) is 1. The molecule has 136 valence electrons. The number of fused-ring (bicyclic) bond motifs is 3. The normalized spacial score (nSPS) is 11.3. The Morgan fingerprint density at radius 3 is 2.73 bits per heavy atom. The van der Waals surface area contributed by atoms with Crippen LogP contribution in [0, 0.1) is 0 Å². The van der Waals surface area contributed by atoms with Crippen LogP contribution in [0.3, 0.4) is 0 Å². The lowest BCUT2D eigenvalue weighted by Gasteiger charge is -2.04. The summed E-state index contributed by atoms with van der Waals surface area (Å²) in [6, 6.07) is 7.48. The van der Waals surface area contributed by atoms with Crippen LogP contribution in [-0.4, -0.2) is 33.4 Å². The Hall–Kier alpha value is -2.73. The number of nitrogens with zero attached hydrogens (tertiary/aromatic N) is 1. The van der Waals surface area contributed by atoms with Crippen LogP contribution in [0.1, 0.15) is 48.0 Å². The molecule has 0 unspecified atom stereocenters. The number of hydrogen-bond acceptors (Lipinski definition) is 4. The number of aryl methyl sites for hydroxylation is 1. The zero-order valence-corrected chi connectivity index (χ0v) is 14.6. The summed E-state index contributed by atoms with van der Waals surface area (Å²) < 4.78 is 0. The van der Waals surface area contributed by atoms with Crippen LogP contribution >= 0.6 is 0 Å². The maximum Gasteiger partial charge on any atom is 0.303 e. The zero-order valence-electron chi connectivity index (χ0n) is 14.6. The first-order valence-corrected chi connectivity index (χ1v) is 8.94. The summed E-state index contributed by atoms with van der Waals surface area (Å²) in [5.74, 6) is -1.12. The minimum absolute atomic E-state index is 0.00733. The van der Waals surface area contributed by atoms with Crippen LogP contribution in [0.5, 0.6) is 0 Å². The molecule has 0 saturated heterocycles. The van der Waals surface area contributed by atoms with E-state index in [0.717, 1.165) is 47.6 Å². The van der Waals surface area contributed by atoms with E-state index in [0.29, 0.717) is 12.1 Å². The van der Waals surface area contributed by atoms with E-state index in [9.17, 15) is 9.59 Å². The van der Waals surface area contributed by atoms with Crippen molar-refractivity contribution < 1.29 is 14.7 Å². The lowest BCUT2D eigenvalue weighted by atomic mass is 10.00. The number of carbonyl (C=O) groups excluding carboxylic acids is 1. The molecule has 0 aliphatic heterocycles. The summed E-state index contributed by atoms with van der Waals surface area (Å²) in [5, 5.41) is 10.8. The number of benzene rings is 1. The van der Waals surface area contributed by atoms with Gasteiger partial charge in [0.25, 0.3) is 0 Å². The number of carbonyl (C=O) groups is 2. The predicted octanol–water partition coefficient (Wildman–Crippen LogP) is 3.44. The van der Waals surface area contributed by atoms with Gasteiger partial charge in [-0.2, -0.15) is 0 Å². The molecule has 2 heterocycles. The average Bonchev–Trinajstić information content (AvgIpc) is 3.01. The monoisotopic (exact) mass is 353 g/mol. The SMILES string of the molecule is NCCCCCc1ccnc2[nH]c3ccc(C(=O)CCC(=O)O)cc3c12. The number of carboxylic acids is 1. The van der Waals surface area contributed by atoms with Crippen LogP contribution in [0.2, 0.25) is 0 Å². The molecule has 6 nitrogen and oxygen atoms in total. The van der Waals surface area contributed by atoms with Crippen molar-refractivity contribution in [3.8, 4) is 0 Å². The molecule has 0 saturated carbocycles. The summed E-state index contributed by atoms with van der Waals surface area (Å²) in [7, 11) is 0. The van der Waals surface area contributed by atoms with E-state index in [-0.39, 0.29) is 18.6 Å². The highest BCUT2D eigenvalue weighted by Crippen LogP contribution is 2.29. The Balaban J connectivity index is 1.94. The molecule has 0 aliphatic rings. The van der Waals surface area contributed by atoms with Gasteiger partial charge < -0.3 is 15.8 Å². The van der Waals surface area contributed by atoms with Gasteiger partial charge in [0.1, 0.15) is 5.65 Å². The number of carboxylic acid groups (broad SMARTS) is 1. The standard InChI is InChI=1S/C20H23N3O3/c21-10-3-1-2-4-13-9-11-22-20-19(13)15-12-14(5-6-16(15)23-20)17(24)7-8-18(25)26/h5-6,9,11-12H,1-4,7-8,10,21H2,(H,22,23)(H,25,26). The molecule has 0 amide bonds. The molecule has 3 aromatic rings. The molecule has 1 aromatic carbocycles. The largest absolute Gasteiger partial charge is 0.481 e. The van der Waals surface area contributed by atoms with Gasteiger partial charge in [-0.3, -0.25) is 9.59 Å². The number of aliphatic carboxylic acids is 1. The van der Waals surface area contributed by atoms with Crippen molar-refractivity contribution in [3.05, 3.63) is 41.6 Å². The molecule has 4 N–H and O–H groups in total. The predicted molar refractivity (Wildman–Crippen MR) is 101 cm³/mol. The first-order valence-electron chi connectivity index (χ1n) is 8.94. The Kier molecular flexibility index (Phi) is 5.63. The van der Waals surface area contributed by atoms with Gasteiger partial charge in [-0.05, 0) is 55.6 Å². The molecule has 0 spiro atoms. The lowest BCUT2D eigenvalue weighted by Crippen LogP contribution is -2.03. The second kappa shape index (κ2) is 8.10. The Morgan fingerprint density at radius 1 is 1.12 bits per heavy atom. The molecule has 6 heteroatoms. The van der Waals surface area contributed by atoms with Crippen molar-refractivity contribution in [2.45, 2.75) is 38.5 Å². The van der Waals surface area contributed by atoms with E-state index >= 15 is 0 Å². The molecule has 0 bridgehead atoms. The number of unbranched alkanes of at least 4 members (excludes halogenated alkanes) is 2. The fourth-order valence-corrected chi connectivity index (χ4v) is 3.27. The number of rotatable bonds is 9. The third-order valence-corrected chi connectivity index (χ3v) is 4.62. The molecular weight excluding hydrogens is 330 g/mol. The quantitative estimate of drug-likeness (QED) is 0.403. The van der Waals surface area contributed by atoms with Crippen LogP contribution in [0.25, 0.3) is 21.9 Å². The summed E-state index contributed by atoms with van der Waals surface area (Å²) in [6.45, 7) is 0.709. The van der Waals surface area contributed by atoms with Crippen molar-refractivity contribution in [2.24, 2.45) is 5.73 Å².